The van der Waals surface area contributed by atoms with Crippen LogP contribution in [0, 0.1) is 35.8 Å². The zero-order valence-corrected chi connectivity index (χ0v) is 13.3. The van der Waals surface area contributed by atoms with Crippen molar-refractivity contribution in [1.82, 2.24) is 0 Å². The molecule has 13 heavy (non-hydrogen) atoms. The molecule has 1 aliphatic rings. The van der Waals surface area contributed by atoms with E-state index in [4.69, 9.17) is 0 Å². The molecule has 0 aromatic rings. The third-order valence-electron chi connectivity index (χ3n) is 0.586. The molecule has 0 bridgehead atoms. The molecular weight excluding hydrogens is 306 g/mol. The smallest absolute Gasteiger partial charge is 1.00 e. The molecular formula is C9H17Cl3Zr-5. The molecule has 0 nitrogen and oxygen atoms in total. The van der Waals surface area contributed by atoms with Crippen molar-refractivity contribution >= 4 is 0 Å². The summed E-state index contributed by atoms with van der Waals surface area (Å²) < 4.78 is 0. The van der Waals surface area contributed by atoms with Crippen LogP contribution in [0.4, 0.5) is 0 Å². The van der Waals surface area contributed by atoms with E-state index in [9.17, 15) is 0 Å². The minimum atomic E-state index is 0. The first-order valence-corrected chi connectivity index (χ1v) is 1.72. The van der Waals surface area contributed by atoms with Crippen LogP contribution in [0.25, 0.3) is 0 Å². The van der Waals surface area contributed by atoms with E-state index in [0.29, 0.717) is 0 Å². The third kappa shape index (κ3) is 43.0. The molecule has 1 rings (SSSR count). The van der Waals surface area contributed by atoms with Crippen LogP contribution in [-0.4, -0.2) is 0 Å². The average Bonchev–Trinajstić information content (AvgIpc) is 1.76. The zero-order chi connectivity index (χ0) is 3.54. The summed E-state index contributed by atoms with van der Waals surface area (Å²) in [6.07, 6.45) is 10.0. The van der Waals surface area contributed by atoms with Crippen molar-refractivity contribution in [2.45, 2.75) is 6.42 Å². The van der Waals surface area contributed by atoms with Crippen LogP contribution in [-0.2, 0) is 26.2 Å². The second-order valence-electron chi connectivity index (χ2n) is 1.00. The van der Waals surface area contributed by atoms with E-state index in [0.717, 1.165) is 6.42 Å². The summed E-state index contributed by atoms with van der Waals surface area (Å²) in [5, 5.41) is 0. The summed E-state index contributed by atoms with van der Waals surface area (Å²) in [5.74, 6) is 0. The minimum Gasteiger partial charge on any atom is -1.00 e. The van der Waals surface area contributed by atoms with E-state index >= 15 is 0 Å². The second-order valence-corrected chi connectivity index (χ2v) is 1.00. The topological polar surface area (TPSA) is 0 Å². The summed E-state index contributed by atoms with van der Waals surface area (Å²) >= 11 is 0. The van der Waals surface area contributed by atoms with Gasteiger partial charge in [-0.25, -0.2) is 12.2 Å². The molecule has 1 aliphatic carbocycles. The summed E-state index contributed by atoms with van der Waals surface area (Å²) in [6, 6.07) is 0. The maximum absolute atomic E-state index is 2.99. The fourth-order valence-electron chi connectivity index (χ4n) is 0.340. The molecule has 0 aromatic carbocycles. The van der Waals surface area contributed by atoms with Gasteiger partial charge in [0.05, 0.1) is 0 Å². The van der Waals surface area contributed by atoms with Crippen LogP contribution in [0.2, 0.25) is 0 Å². The molecule has 0 N–H and O–H groups in total. The number of halogens is 3. The molecule has 0 amide bonds. The Bertz CT molecular complexity index is 72.9. The Morgan fingerprint density at radius 2 is 1.23 bits per heavy atom. The Balaban J connectivity index is -0.00000000521. The molecule has 0 saturated carbocycles. The van der Waals surface area contributed by atoms with Crippen molar-refractivity contribution in [3.8, 4) is 0 Å². The summed E-state index contributed by atoms with van der Waals surface area (Å²) in [6.45, 7) is 0. The summed E-state index contributed by atoms with van der Waals surface area (Å²) in [4.78, 5) is 0. The molecule has 0 aromatic heterocycles. The Morgan fingerprint density at radius 3 is 1.31 bits per heavy atom. The van der Waals surface area contributed by atoms with Gasteiger partial charge in [-0.15, -0.1) is 6.42 Å². The number of allylic oxidation sites excluding steroid dienone is 4. The molecule has 83 valence electrons. The zero-order valence-electron chi connectivity index (χ0n) is 8.57. The monoisotopic (exact) mass is 320 g/mol. The normalized spacial score (nSPS) is 6.77. The molecule has 1 radical (unpaired) electrons. The van der Waals surface area contributed by atoms with E-state index < -0.39 is 0 Å². The van der Waals surface area contributed by atoms with E-state index in [-0.39, 0.29) is 93.1 Å². The van der Waals surface area contributed by atoms with Gasteiger partial charge in [-0.2, -0.15) is 6.08 Å². The van der Waals surface area contributed by atoms with E-state index in [1.165, 1.54) is 0 Å². The van der Waals surface area contributed by atoms with Gasteiger partial charge in [-0.3, -0.25) is 6.08 Å². The van der Waals surface area contributed by atoms with Crippen LogP contribution in [0.5, 0.6) is 0 Å². The maximum atomic E-state index is 2.99. The fraction of sp³-hybridized carbons (Fsp3) is 0.111. The molecule has 0 spiro atoms. The maximum Gasteiger partial charge on any atom is 3.00 e. The predicted molar refractivity (Wildman–Crippen MR) is 47.2 cm³/mol. The van der Waals surface area contributed by atoms with Crippen molar-refractivity contribution in [3.63, 3.8) is 0 Å². The van der Waals surface area contributed by atoms with Gasteiger partial charge in [0.1, 0.15) is 0 Å². The van der Waals surface area contributed by atoms with Gasteiger partial charge >= 0.3 is 26.2 Å². The molecule has 0 atom stereocenters. The van der Waals surface area contributed by atoms with Gasteiger partial charge in [0.15, 0.2) is 0 Å². The predicted octanol–water partition coefficient (Wildman–Crippen LogP) is -5.88. The van der Waals surface area contributed by atoms with Gasteiger partial charge in [0.2, 0.25) is 0 Å². The minimum absolute atomic E-state index is 0. The van der Waals surface area contributed by atoms with Crippen LogP contribution < -0.4 is 37.2 Å². The van der Waals surface area contributed by atoms with E-state index in [1.807, 2.05) is 12.2 Å². The van der Waals surface area contributed by atoms with Crippen LogP contribution in [0.3, 0.4) is 0 Å². The van der Waals surface area contributed by atoms with Gasteiger partial charge < -0.3 is 66.9 Å². The average molecular weight is 323 g/mol. The first-order chi connectivity index (χ1) is 2.50. The first-order valence-electron chi connectivity index (χ1n) is 1.72. The molecule has 0 aliphatic heterocycles. The standard InChI is InChI=1S/C5H5.4CH3.3ClH.Zr/c1-2-4-5-3-1;;;;;;;;/h1-3H,4H2;4*1H3;3*1H;/q5*-1;;;;+3/p-3. The van der Waals surface area contributed by atoms with Crippen molar-refractivity contribution in [1.29, 1.82) is 0 Å². The number of hydrogen-bond acceptors (Lipinski definition) is 0. The Labute approximate surface area is 123 Å². The molecule has 0 unspecified atom stereocenters. The van der Waals surface area contributed by atoms with Crippen molar-refractivity contribution < 1.29 is 63.4 Å². The SMILES string of the molecule is [C-]1=CC=CC1.[CH3-].[CH3-].[CH3-].[CH3-].[Cl-].[Cl-].[Cl-].[Zr+3]. The first kappa shape index (κ1) is 64.2. The summed E-state index contributed by atoms with van der Waals surface area (Å²) in [7, 11) is 0. The Kier molecular flexibility index (Phi) is 252. The van der Waals surface area contributed by atoms with Gasteiger partial charge in [-0.1, -0.05) is 0 Å². The molecule has 0 fully saturated rings. The van der Waals surface area contributed by atoms with Crippen molar-refractivity contribution in [2.75, 3.05) is 0 Å². The second kappa shape index (κ2) is 51.0. The quantitative estimate of drug-likeness (QED) is 0.390. The van der Waals surface area contributed by atoms with Gasteiger partial charge in [0.25, 0.3) is 0 Å². The van der Waals surface area contributed by atoms with Crippen molar-refractivity contribution in [3.05, 3.63) is 54.0 Å². The van der Waals surface area contributed by atoms with Crippen LogP contribution in [0.15, 0.2) is 18.2 Å². The Morgan fingerprint density at radius 1 is 0.846 bits per heavy atom. The Hall–Kier alpha value is 1.23. The van der Waals surface area contributed by atoms with Gasteiger partial charge in [-0.05, 0) is 0 Å². The largest absolute Gasteiger partial charge is 3.00 e. The van der Waals surface area contributed by atoms with Crippen LogP contribution in [0.1, 0.15) is 6.42 Å². The van der Waals surface area contributed by atoms with Crippen molar-refractivity contribution in [2.24, 2.45) is 0 Å². The van der Waals surface area contributed by atoms with E-state index in [2.05, 4.69) is 12.2 Å². The van der Waals surface area contributed by atoms with E-state index in [1.54, 1.807) is 0 Å². The molecule has 4 heteroatoms. The van der Waals surface area contributed by atoms with Gasteiger partial charge in [0, 0.05) is 0 Å². The molecule has 0 heterocycles. The number of hydrogen-bond donors (Lipinski definition) is 0. The van der Waals surface area contributed by atoms with Crippen LogP contribution >= 0.6 is 0 Å². The number of rotatable bonds is 0. The molecule has 0 saturated heterocycles. The third-order valence-corrected chi connectivity index (χ3v) is 0.586. The summed E-state index contributed by atoms with van der Waals surface area (Å²) in [5.41, 5.74) is 0. The fourth-order valence-corrected chi connectivity index (χ4v) is 0.340.